The van der Waals surface area contributed by atoms with Gasteiger partial charge >= 0.3 is 0 Å². The fourth-order valence-electron chi connectivity index (χ4n) is 10.1. The Morgan fingerprint density at radius 2 is 0.692 bits per heavy atom. The molecule has 26 heavy (non-hydrogen) atoms. The zero-order chi connectivity index (χ0) is 17.1. The van der Waals surface area contributed by atoms with Gasteiger partial charge in [-0.3, -0.25) is 0 Å². The summed E-state index contributed by atoms with van der Waals surface area (Å²) >= 11 is 0. The second-order valence-corrected chi connectivity index (χ2v) is 11.9. The van der Waals surface area contributed by atoms with Crippen molar-refractivity contribution in [2.24, 2.45) is 59.2 Å². The van der Waals surface area contributed by atoms with Crippen LogP contribution in [0.1, 0.15) is 103 Å². The molecule has 146 valence electrons. The number of hydrogen-bond acceptors (Lipinski definition) is 0. The van der Waals surface area contributed by atoms with E-state index in [1.54, 1.807) is 103 Å². The maximum Gasteiger partial charge on any atom is -0.0352 e. The van der Waals surface area contributed by atoms with Crippen LogP contribution in [0.3, 0.4) is 0 Å². The Morgan fingerprint density at radius 1 is 0.269 bits per heavy atom. The minimum Gasteiger partial charge on any atom is -0.0530 e. The molecular formula is C26H42. The fraction of sp³-hybridized carbons (Fsp3) is 1.00. The summed E-state index contributed by atoms with van der Waals surface area (Å²) in [7, 11) is 0. The van der Waals surface area contributed by atoms with E-state index < -0.39 is 0 Å². The molecule has 0 aromatic heterocycles. The quantitative estimate of drug-likeness (QED) is 0.423. The third kappa shape index (κ3) is 2.75. The van der Waals surface area contributed by atoms with Crippen LogP contribution in [0.25, 0.3) is 0 Å². The maximum absolute atomic E-state index is 1.67. The van der Waals surface area contributed by atoms with Crippen molar-refractivity contribution in [1.82, 2.24) is 0 Å². The zero-order valence-corrected chi connectivity index (χ0v) is 17.1. The predicted octanol–water partition coefficient (Wildman–Crippen LogP) is 7.47. The van der Waals surface area contributed by atoms with E-state index in [1.807, 2.05) is 0 Å². The normalized spacial score (nSPS) is 56.3. The van der Waals surface area contributed by atoms with Gasteiger partial charge in [-0.25, -0.2) is 0 Å². The summed E-state index contributed by atoms with van der Waals surface area (Å²) in [5.74, 6) is 11.6. The van der Waals surface area contributed by atoms with Gasteiger partial charge in [-0.15, -0.1) is 0 Å². The highest BCUT2D eigenvalue weighted by atomic mass is 14.6. The molecule has 10 atom stereocenters. The first kappa shape index (κ1) is 16.9. The summed E-state index contributed by atoms with van der Waals surface area (Å²) in [6, 6.07) is 0. The van der Waals surface area contributed by atoms with Crippen molar-refractivity contribution in [3.63, 3.8) is 0 Å². The van der Waals surface area contributed by atoms with Crippen molar-refractivity contribution in [1.29, 1.82) is 0 Å². The Hall–Kier alpha value is 0. The maximum atomic E-state index is 1.67. The Bertz CT molecular complexity index is 462. The van der Waals surface area contributed by atoms with Crippen LogP contribution in [0.4, 0.5) is 0 Å². The Morgan fingerprint density at radius 3 is 1.19 bits per heavy atom. The van der Waals surface area contributed by atoms with E-state index in [0.717, 1.165) is 59.2 Å². The molecule has 0 heteroatoms. The average molecular weight is 355 g/mol. The van der Waals surface area contributed by atoms with Gasteiger partial charge in [0.1, 0.15) is 0 Å². The van der Waals surface area contributed by atoms with Crippen molar-refractivity contribution in [3.8, 4) is 0 Å². The zero-order valence-electron chi connectivity index (χ0n) is 17.1. The van der Waals surface area contributed by atoms with Gasteiger partial charge in [-0.05, 0) is 123 Å². The van der Waals surface area contributed by atoms with Crippen LogP contribution in [0.5, 0.6) is 0 Å². The van der Waals surface area contributed by atoms with Gasteiger partial charge in [0, 0.05) is 0 Å². The van der Waals surface area contributed by atoms with E-state index in [1.165, 1.54) is 0 Å². The Balaban J connectivity index is 1.19. The molecule has 6 rings (SSSR count). The number of hydrogen-bond donors (Lipinski definition) is 0. The lowest BCUT2D eigenvalue weighted by Gasteiger charge is -2.57. The van der Waals surface area contributed by atoms with Gasteiger partial charge < -0.3 is 0 Å². The van der Waals surface area contributed by atoms with Crippen LogP contribution in [-0.4, -0.2) is 0 Å². The highest BCUT2D eigenvalue weighted by Gasteiger charge is 2.51. The molecule has 0 aromatic rings. The largest absolute Gasteiger partial charge is 0.0530 e. The van der Waals surface area contributed by atoms with E-state index in [-0.39, 0.29) is 0 Å². The lowest BCUT2D eigenvalue weighted by atomic mass is 9.48. The lowest BCUT2D eigenvalue weighted by molar-refractivity contribution is -0.0729. The first-order valence-electron chi connectivity index (χ1n) is 12.9. The second kappa shape index (κ2) is 6.81. The van der Waals surface area contributed by atoms with E-state index in [2.05, 4.69) is 0 Å². The number of rotatable bonds is 0. The molecule has 0 aromatic carbocycles. The predicted molar refractivity (Wildman–Crippen MR) is 109 cm³/mol. The monoisotopic (exact) mass is 354 g/mol. The van der Waals surface area contributed by atoms with Crippen LogP contribution in [-0.2, 0) is 0 Å². The summed E-state index contributed by atoms with van der Waals surface area (Å²) < 4.78 is 0. The topological polar surface area (TPSA) is 0 Å². The SMILES string of the molecule is C1CCC2C(C1)CCC1CC3CC4C(CCC5CCCCC54)CC3CC12. The molecule has 10 unspecified atom stereocenters. The van der Waals surface area contributed by atoms with Crippen molar-refractivity contribution in [2.75, 3.05) is 0 Å². The number of fused-ring (bicyclic) bond motifs is 7. The molecule has 0 aliphatic heterocycles. The van der Waals surface area contributed by atoms with E-state index in [9.17, 15) is 0 Å². The summed E-state index contributed by atoms with van der Waals surface area (Å²) in [6.45, 7) is 0. The fourth-order valence-corrected chi connectivity index (χ4v) is 10.1. The van der Waals surface area contributed by atoms with Crippen molar-refractivity contribution in [3.05, 3.63) is 0 Å². The molecule has 0 nitrogen and oxygen atoms in total. The smallest absolute Gasteiger partial charge is 0.0352 e. The van der Waals surface area contributed by atoms with E-state index >= 15 is 0 Å². The summed E-state index contributed by atoms with van der Waals surface area (Å²) in [6.07, 6.45) is 25.8. The minimum absolute atomic E-state index is 1.15. The van der Waals surface area contributed by atoms with Gasteiger partial charge in [0.15, 0.2) is 0 Å². The molecule has 0 bridgehead atoms. The molecular weight excluding hydrogens is 312 g/mol. The molecule has 0 amide bonds. The minimum atomic E-state index is 1.15. The van der Waals surface area contributed by atoms with Crippen molar-refractivity contribution < 1.29 is 0 Å². The molecule has 0 radical (unpaired) electrons. The molecule has 6 aliphatic carbocycles. The summed E-state index contributed by atoms with van der Waals surface area (Å²) in [5, 5.41) is 0. The summed E-state index contributed by atoms with van der Waals surface area (Å²) in [4.78, 5) is 0. The van der Waals surface area contributed by atoms with Gasteiger partial charge in [0.05, 0.1) is 0 Å². The van der Waals surface area contributed by atoms with E-state index in [0.29, 0.717) is 0 Å². The van der Waals surface area contributed by atoms with Crippen LogP contribution < -0.4 is 0 Å². The first-order valence-corrected chi connectivity index (χ1v) is 12.9. The molecule has 6 aliphatic rings. The average Bonchev–Trinajstić information content (AvgIpc) is 2.71. The molecule has 6 saturated carbocycles. The Kier molecular flexibility index (Phi) is 4.43. The third-order valence-electron chi connectivity index (χ3n) is 11.1. The molecule has 0 N–H and O–H groups in total. The van der Waals surface area contributed by atoms with Crippen LogP contribution >= 0.6 is 0 Å². The van der Waals surface area contributed by atoms with E-state index in [4.69, 9.17) is 0 Å². The van der Waals surface area contributed by atoms with Gasteiger partial charge in [0.25, 0.3) is 0 Å². The van der Waals surface area contributed by atoms with Crippen LogP contribution in [0.2, 0.25) is 0 Å². The highest BCUT2D eigenvalue weighted by molar-refractivity contribution is 5.01. The third-order valence-corrected chi connectivity index (χ3v) is 11.1. The molecule has 6 fully saturated rings. The van der Waals surface area contributed by atoms with Crippen LogP contribution in [0, 0.1) is 59.2 Å². The van der Waals surface area contributed by atoms with Gasteiger partial charge in [-0.2, -0.15) is 0 Å². The van der Waals surface area contributed by atoms with Gasteiger partial charge in [0.2, 0.25) is 0 Å². The molecule has 0 heterocycles. The van der Waals surface area contributed by atoms with Crippen molar-refractivity contribution in [2.45, 2.75) is 103 Å². The Labute approximate surface area is 162 Å². The van der Waals surface area contributed by atoms with Crippen LogP contribution in [0.15, 0.2) is 0 Å². The second-order valence-electron chi connectivity index (χ2n) is 11.9. The van der Waals surface area contributed by atoms with Gasteiger partial charge in [-0.1, -0.05) is 38.5 Å². The standard InChI is InChI=1S/C26H42/c1-3-7-23-17(5-1)9-11-19-13-22-16-26-20(14-21(22)15-25(19)23)12-10-18-6-2-4-8-24(18)26/h17-26H,1-16H2. The molecule has 0 spiro atoms. The highest BCUT2D eigenvalue weighted by Crippen LogP contribution is 2.60. The van der Waals surface area contributed by atoms with Crippen molar-refractivity contribution >= 4 is 0 Å². The summed E-state index contributed by atoms with van der Waals surface area (Å²) in [5.41, 5.74) is 0. The molecule has 0 saturated heterocycles. The first-order chi connectivity index (χ1) is 12.9. The lowest BCUT2D eigenvalue weighted by Crippen LogP contribution is -2.48.